The highest BCUT2D eigenvalue weighted by Gasteiger charge is 2.33. The molecule has 4 nitrogen and oxygen atoms in total. The molecule has 0 spiro atoms. The second-order valence-electron chi connectivity index (χ2n) is 7.73. The molecule has 0 unspecified atom stereocenters. The fourth-order valence-corrected chi connectivity index (χ4v) is 3.47. The summed E-state index contributed by atoms with van der Waals surface area (Å²) in [6.45, 7) is 6.45. The van der Waals surface area contributed by atoms with E-state index >= 15 is 0 Å². The number of hydrogen-bond donors (Lipinski definition) is 0. The summed E-state index contributed by atoms with van der Waals surface area (Å²) in [4.78, 5) is 24.9. The van der Waals surface area contributed by atoms with Gasteiger partial charge in [0.1, 0.15) is 5.58 Å². The van der Waals surface area contributed by atoms with Crippen molar-refractivity contribution in [1.82, 2.24) is 0 Å². The van der Waals surface area contributed by atoms with Crippen LogP contribution in [0.5, 0.6) is 5.75 Å². The maximum absolute atomic E-state index is 12.6. The third-order valence-electron chi connectivity index (χ3n) is 4.91. The first kappa shape index (κ1) is 16.6. The van der Waals surface area contributed by atoms with E-state index in [9.17, 15) is 9.59 Å². The van der Waals surface area contributed by atoms with Crippen molar-refractivity contribution in [2.24, 2.45) is 0 Å². The fourth-order valence-electron chi connectivity index (χ4n) is 3.47. The van der Waals surface area contributed by atoms with Gasteiger partial charge in [0.15, 0.2) is 5.75 Å². The Morgan fingerprint density at radius 2 is 1.65 bits per heavy atom. The average molecular weight is 348 g/mol. The van der Waals surface area contributed by atoms with Gasteiger partial charge in [-0.2, -0.15) is 0 Å². The van der Waals surface area contributed by atoms with E-state index in [-0.39, 0.29) is 23.7 Å². The van der Waals surface area contributed by atoms with Crippen molar-refractivity contribution < 1.29 is 13.9 Å². The van der Waals surface area contributed by atoms with Gasteiger partial charge in [-0.15, -0.1) is 0 Å². The molecule has 0 N–H and O–H groups in total. The Hall–Kier alpha value is -2.88. The first-order chi connectivity index (χ1) is 12.3. The molecular formula is C22H20O4. The van der Waals surface area contributed by atoms with Crippen molar-refractivity contribution in [3.63, 3.8) is 0 Å². The van der Waals surface area contributed by atoms with Crippen molar-refractivity contribution in [2.75, 3.05) is 0 Å². The van der Waals surface area contributed by atoms with Crippen molar-refractivity contribution in [1.29, 1.82) is 0 Å². The van der Waals surface area contributed by atoms with Crippen molar-refractivity contribution in [2.45, 2.75) is 38.5 Å². The minimum Gasteiger partial charge on any atom is -0.425 e. The summed E-state index contributed by atoms with van der Waals surface area (Å²) in [5.41, 5.74) is 2.55. The number of esters is 1. The molecule has 0 radical (unpaired) electrons. The molecule has 0 bridgehead atoms. The molecule has 0 amide bonds. The largest absolute Gasteiger partial charge is 0.425 e. The van der Waals surface area contributed by atoms with E-state index in [0.717, 1.165) is 5.56 Å². The van der Waals surface area contributed by atoms with Crippen molar-refractivity contribution >= 4 is 16.9 Å². The summed E-state index contributed by atoms with van der Waals surface area (Å²) in [5, 5.41) is 0.645. The number of ether oxygens (including phenoxy) is 1. The number of benzene rings is 2. The molecule has 26 heavy (non-hydrogen) atoms. The number of rotatable bonds is 1. The number of carbonyl (C=O) groups excluding carboxylic acids is 1. The lowest BCUT2D eigenvalue weighted by molar-refractivity contribution is -0.135. The second-order valence-corrected chi connectivity index (χ2v) is 7.73. The Balaban J connectivity index is 1.89. The third kappa shape index (κ3) is 2.71. The Kier molecular flexibility index (Phi) is 3.72. The lowest BCUT2D eigenvalue weighted by Gasteiger charge is -2.25. The van der Waals surface area contributed by atoms with Crippen LogP contribution in [0.1, 0.15) is 49.8 Å². The van der Waals surface area contributed by atoms with E-state index in [1.165, 1.54) is 5.56 Å². The first-order valence-corrected chi connectivity index (χ1v) is 8.71. The van der Waals surface area contributed by atoms with Gasteiger partial charge in [-0.1, -0.05) is 57.2 Å². The molecule has 2 aromatic carbocycles. The second kappa shape index (κ2) is 5.84. The van der Waals surface area contributed by atoms with Crippen LogP contribution in [0.4, 0.5) is 0 Å². The minimum absolute atomic E-state index is 0.0389. The maximum atomic E-state index is 12.6. The molecular weight excluding hydrogens is 328 g/mol. The van der Waals surface area contributed by atoms with Gasteiger partial charge in [0, 0.05) is 5.92 Å². The zero-order chi connectivity index (χ0) is 18.5. The first-order valence-electron chi connectivity index (χ1n) is 8.71. The van der Waals surface area contributed by atoms with Gasteiger partial charge in [0.25, 0.3) is 0 Å². The van der Waals surface area contributed by atoms with Gasteiger partial charge < -0.3 is 9.15 Å². The lowest BCUT2D eigenvalue weighted by Crippen LogP contribution is -2.26. The predicted molar refractivity (Wildman–Crippen MR) is 99.7 cm³/mol. The molecule has 1 atom stereocenters. The molecule has 4 rings (SSSR count). The average Bonchev–Trinajstić information content (AvgIpc) is 2.60. The SMILES string of the molecule is CC(C)(C)c1ccc([C@@H]2CC(=O)Oc3c2c(=O)oc2ccccc32)cc1. The highest BCUT2D eigenvalue weighted by Crippen LogP contribution is 2.40. The Morgan fingerprint density at radius 1 is 0.962 bits per heavy atom. The molecule has 3 aromatic rings. The van der Waals surface area contributed by atoms with Crippen molar-refractivity contribution in [3.8, 4) is 5.75 Å². The quantitative estimate of drug-likeness (QED) is 0.479. The maximum Gasteiger partial charge on any atom is 0.343 e. The van der Waals surface area contributed by atoms with Crippen LogP contribution < -0.4 is 10.4 Å². The van der Waals surface area contributed by atoms with E-state index in [0.29, 0.717) is 22.3 Å². The highest BCUT2D eigenvalue weighted by molar-refractivity contribution is 5.90. The lowest BCUT2D eigenvalue weighted by atomic mass is 9.83. The standard InChI is InChI=1S/C22H20O4/c1-22(2,3)14-10-8-13(9-11-14)16-12-18(23)26-20-15-6-4-5-7-17(15)25-21(24)19(16)20/h4-11,16H,12H2,1-3H3/t16-/m0/s1. The summed E-state index contributed by atoms with van der Waals surface area (Å²) in [7, 11) is 0. The fraction of sp³-hybridized carbons (Fsp3) is 0.273. The Morgan fingerprint density at radius 3 is 2.35 bits per heavy atom. The summed E-state index contributed by atoms with van der Waals surface area (Å²) >= 11 is 0. The predicted octanol–water partition coefficient (Wildman–Crippen LogP) is 4.53. The number of hydrogen-bond acceptors (Lipinski definition) is 4. The summed E-state index contributed by atoms with van der Waals surface area (Å²) in [5.74, 6) is -0.364. The molecule has 1 aliphatic rings. The molecule has 0 aliphatic carbocycles. The van der Waals surface area contributed by atoms with E-state index in [1.54, 1.807) is 18.2 Å². The molecule has 1 aromatic heterocycles. The zero-order valence-corrected chi connectivity index (χ0v) is 15.0. The van der Waals surface area contributed by atoms with Gasteiger partial charge >= 0.3 is 11.6 Å². The van der Waals surface area contributed by atoms with Crippen LogP contribution in [-0.2, 0) is 10.2 Å². The number of para-hydroxylation sites is 1. The van der Waals surface area contributed by atoms with Crippen LogP contribution in [-0.4, -0.2) is 5.97 Å². The van der Waals surface area contributed by atoms with E-state index in [1.807, 2.05) is 18.2 Å². The molecule has 0 saturated heterocycles. The molecule has 1 aliphatic heterocycles. The normalized spacial score (nSPS) is 17.0. The van der Waals surface area contributed by atoms with Crippen LogP contribution in [0.3, 0.4) is 0 Å². The van der Waals surface area contributed by atoms with Gasteiger partial charge in [0.05, 0.1) is 17.4 Å². The van der Waals surface area contributed by atoms with E-state index in [4.69, 9.17) is 9.15 Å². The van der Waals surface area contributed by atoms with Crippen LogP contribution in [0.25, 0.3) is 11.0 Å². The number of carbonyl (C=O) groups is 1. The molecule has 0 fully saturated rings. The van der Waals surface area contributed by atoms with Crippen LogP contribution in [0.15, 0.2) is 57.7 Å². The van der Waals surface area contributed by atoms with Crippen LogP contribution in [0.2, 0.25) is 0 Å². The monoisotopic (exact) mass is 348 g/mol. The molecule has 2 heterocycles. The smallest absolute Gasteiger partial charge is 0.343 e. The summed E-state index contributed by atoms with van der Waals surface area (Å²) < 4.78 is 10.9. The summed E-state index contributed by atoms with van der Waals surface area (Å²) in [6.07, 6.45) is 0.130. The molecule has 0 saturated carbocycles. The Bertz CT molecular complexity index is 1050. The third-order valence-corrected chi connectivity index (χ3v) is 4.91. The zero-order valence-electron chi connectivity index (χ0n) is 15.0. The molecule has 4 heteroatoms. The van der Waals surface area contributed by atoms with Gasteiger partial charge in [-0.05, 0) is 28.7 Å². The van der Waals surface area contributed by atoms with Gasteiger partial charge in [-0.25, -0.2) is 4.79 Å². The highest BCUT2D eigenvalue weighted by atomic mass is 16.5. The summed E-state index contributed by atoms with van der Waals surface area (Å²) in [6, 6.07) is 15.2. The topological polar surface area (TPSA) is 56.5 Å². The van der Waals surface area contributed by atoms with Crippen LogP contribution in [0, 0.1) is 0 Å². The Labute approximate surface area is 151 Å². The van der Waals surface area contributed by atoms with Crippen LogP contribution >= 0.6 is 0 Å². The molecule has 132 valence electrons. The van der Waals surface area contributed by atoms with Gasteiger partial charge in [0.2, 0.25) is 0 Å². The minimum atomic E-state index is -0.448. The van der Waals surface area contributed by atoms with Gasteiger partial charge in [-0.3, -0.25) is 4.79 Å². The van der Waals surface area contributed by atoms with E-state index in [2.05, 4.69) is 32.9 Å². The van der Waals surface area contributed by atoms with E-state index < -0.39 is 5.63 Å². The van der Waals surface area contributed by atoms with Crippen molar-refractivity contribution in [3.05, 3.63) is 75.6 Å². The number of fused-ring (bicyclic) bond motifs is 3.